The van der Waals surface area contributed by atoms with Crippen LogP contribution in [-0.2, 0) is 11.3 Å². The van der Waals surface area contributed by atoms with Crippen molar-refractivity contribution in [2.75, 3.05) is 5.73 Å². The van der Waals surface area contributed by atoms with Gasteiger partial charge in [-0.1, -0.05) is 23.4 Å². The van der Waals surface area contributed by atoms with Crippen LogP contribution in [0, 0.1) is 17.2 Å². The highest BCUT2D eigenvalue weighted by atomic mass is 16.4. The molecule has 1 fully saturated rings. The third kappa shape index (κ3) is 5.05. The van der Waals surface area contributed by atoms with E-state index < -0.39 is 5.97 Å². The fraction of sp³-hybridized carbons (Fsp3) is 0.269. The summed E-state index contributed by atoms with van der Waals surface area (Å²) in [7, 11) is 0. The molecule has 0 atom stereocenters. The smallest absolute Gasteiger partial charge is 0.306 e. The zero-order valence-corrected chi connectivity index (χ0v) is 19.4. The van der Waals surface area contributed by atoms with E-state index >= 15 is 0 Å². The number of carbonyl (C=O) groups is 1. The zero-order chi connectivity index (χ0) is 25.1. The average Bonchev–Trinajstić information content (AvgIpc) is 3.37. The van der Waals surface area contributed by atoms with E-state index in [1.54, 1.807) is 35.1 Å². The minimum absolute atomic E-state index is 0.103. The lowest BCUT2D eigenvalue weighted by atomic mass is 9.80. The van der Waals surface area contributed by atoms with Crippen molar-refractivity contribution >= 4 is 11.9 Å². The molecule has 1 aliphatic carbocycles. The van der Waals surface area contributed by atoms with Crippen LogP contribution in [0.4, 0.5) is 5.95 Å². The van der Waals surface area contributed by atoms with E-state index in [0.29, 0.717) is 42.0 Å². The third-order valence-corrected chi connectivity index (χ3v) is 6.48. The number of hydrogen-bond donors (Lipinski definition) is 2. The molecule has 10 nitrogen and oxygen atoms in total. The molecule has 0 unspecified atom stereocenters. The maximum absolute atomic E-state index is 11.2. The number of pyridine rings is 1. The number of benzene rings is 1. The van der Waals surface area contributed by atoms with Crippen LogP contribution < -0.4 is 5.73 Å². The van der Waals surface area contributed by atoms with E-state index in [2.05, 4.69) is 26.3 Å². The summed E-state index contributed by atoms with van der Waals surface area (Å²) in [6.45, 7) is 0.433. The Kier molecular flexibility index (Phi) is 6.36. The number of carboxylic acid groups (broad SMARTS) is 1. The van der Waals surface area contributed by atoms with Crippen LogP contribution in [0.25, 0.3) is 22.6 Å². The normalized spacial score (nSPS) is 17.4. The summed E-state index contributed by atoms with van der Waals surface area (Å²) in [5.41, 5.74) is 10.8. The number of aromatic nitrogens is 6. The summed E-state index contributed by atoms with van der Waals surface area (Å²) in [4.78, 5) is 24.7. The zero-order valence-electron chi connectivity index (χ0n) is 19.4. The highest BCUT2D eigenvalue weighted by Crippen LogP contribution is 2.35. The fourth-order valence-corrected chi connectivity index (χ4v) is 4.60. The first kappa shape index (κ1) is 23.1. The van der Waals surface area contributed by atoms with Crippen LogP contribution in [-0.4, -0.2) is 41.0 Å². The van der Waals surface area contributed by atoms with Gasteiger partial charge in [-0.25, -0.2) is 14.6 Å². The van der Waals surface area contributed by atoms with Gasteiger partial charge in [0.05, 0.1) is 47.4 Å². The number of nitrogens with zero attached hydrogens (tertiary/aromatic N) is 7. The highest BCUT2D eigenvalue weighted by molar-refractivity contribution is 5.70. The highest BCUT2D eigenvalue weighted by Gasteiger charge is 2.27. The van der Waals surface area contributed by atoms with Crippen LogP contribution >= 0.6 is 0 Å². The van der Waals surface area contributed by atoms with Gasteiger partial charge in [-0.15, -0.1) is 5.10 Å². The molecule has 1 saturated carbocycles. The number of nitrogen functional groups attached to an aromatic ring is 1. The van der Waals surface area contributed by atoms with Gasteiger partial charge in [-0.2, -0.15) is 5.26 Å². The third-order valence-electron chi connectivity index (χ3n) is 6.48. The van der Waals surface area contributed by atoms with Crippen molar-refractivity contribution in [3.8, 4) is 28.7 Å². The number of nitriles is 1. The first-order valence-electron chi connectivity index (χ1n) is 11.7. The van der Waals surface area contributed by atoms with Gasteiger partial charge < -0.3 is 10.8 Å². The van der Waals surface area contributed by atoms with Crippen LogP contribution in [0.1, 0.15) is 48.6 Å². The molecular weight excluding hydrogens is 456 g/mol. The molecule has 1 aromatic carbocycles. The molecule has 3 N–H and O–H groups in total. The first-order valence-corrected chi connectivity index (χ1v) is 11.7. The molecule has 10 heteroatoms. The molecule has 5 rings (SSSR count). The molecule has 0 bridgehead atoms. The minimum Gasteiger partial charge on any atom is -0.481 e. The van der Waals surface area contributed by atoms with E-state index in [9.17, 15) is 15.2 Å². The summed E-state index contributed by atoms with van der Waals surface area (Å²) < 4.78 is 1.69. The van der Waals surface area contributed by atoms with Gasteiger partial charge in [0.25, 0.3) is 0 Å². The van der Waals surface area contributed by atoms with E-state index in [1.807, 2.05) is 24.3 Å². The van der Waals surface area contributed by atoms with Crippen LogP contribution in [0.5, 0.6) is 0 Å². The second-order valence-electron chi connectivity index (χ2n) is 8.93. The molecule has 3 aromatic heterocycles. The Labute approximate surface area is 207 Å². The molecule has 1 aliphatic rings. The van der Waals surface area contributed by atoms with Crippen molar-refractivity contribution < 1.29 is 9.90 Å². The number of anilines is 1. The molecule has 36 heavy (non-hydrogen) atoms. The van der Waals surface area contributed by atoms with Gasteiger partial charge in [-0.3, -0.25) is 9.78 Å². The van der Waals surface area contributed by atoms with Crippen molar-refractivity contribution in [3.05, 3.63) is 71.7 Å². The summed E-state index contributed by atoms with van der Waals surface area (Å²) in [6, 6.07) is 16.9. The van der Waals surface area contributed by atoms with Gasteiger partial charge in [0.15, 0.2) is 0 Å². The van der Waals surface area contributed by atoms with Crippen molar-refractivity contribution in [1.29, 1.82) is 5.26 Å². The maximum atomic E-state index is 11.2. The summed E-state index contributed by atoms with van der Waals surface area (Å²) in [5, 5.41) is 26.9. The van der Waals surface area contributed by atoms with Gasteiger partial charge in [0, 0.05) is 17.2 Å². The topological polar surface area (TPSA) is 156 Å². The second kappa shape index (κ2) is 9.92. The predicted octanol–water partition coefficient (Wildman–Crippen LogP) is 3.66. The number of aliphatic carboxylic acids is 1. The van der Waals surface area contributed by atoms with Gasteiger partial charge in [0.2, 0.25) is 5.95 Å². The van der Waals surface area contributed by atoms with Gasteiger partial charge >= 0.3 is 5.97 Å². The Bertz CT molecular complexity index is 1450. The maximum Gasteiger partial charge on any atom is 0.306 e. The van der Waals surface area contributed by atoms with Gasteiger partial charge in [0.1, 0.15) is 5.69 Å². The van der Waals surface area contributed by atoms with E-state index in [4.69, 9.17) is 10.7 Å². The molecule has 0 spiro atoms. The van der Waals surface area contributed by atoms with Crippen molar-refractivity contribution in [2.45, 2.75) is 38.1 Å². The number of rotatable bonds is 6. The van der Waals surface area contributed by atoms with Gasteiger partial charge in [-0.05, 0) is 56.0 Å². The molecule has 0 radical (unpaired) electrons. The van der Waals surface area contributed by atoms with Crippen LogP contribution in [0.3, 0.4) is 0 Å². The van der Waals surface area contributed by atoms with E-state index in [-0.39, 0.29) is 17.8 Å². The molecule has 0 amide bonds. The summed E-state index contributed by atoms with van der Waals surface area (Å²) >= 11 is 0. The number of nitrogens with two attached hydrogens (primary N) is 1. The average molecular weight is 481 g/mol. The lowest BCUT2D eigenvalue weighted by Gasteiger charge is -2.25. The van der Waals surface area contributed by atoms with Crippen molar-refractivity contribution in [3.63, 3.8) is 0 Å². The standard InChI is InChI=1S/C26H24N8O2/c27-13-16-3-1-4-19(11-16)22-12-23(31-26(28)30-22)24-15-34(33-32-24)14-20-5-2-6-21(29-20)17-7-9-18(10-8-17)25(35)36/h1-6,11-12,15,17-18H,7-10,14H2,(H,35,36)(H2,28,30,31)/t17-,18+. The number of carboxylic acids is 1. The lowest BCUT2D eigenvalue weighted by Crippen LogP contribution is -2.21. The summed E-state index contributed by atoms with van der Waals surface area (Å²) in [6.07, 6.45) is 4.81. The lowest BCUT2D eigenvalue weighted by molar-refractivity contribution is -0.142. The first-order chi connectivity index (χ1) is 17.5. The van der Waals surface area contributed by atoms with Crippen LogP contribution in [0.2, 0.25) is 0 Å². The fourth-order valence-electron chi connectivity index (χ4n) is 4.60. The Morgan fingerprint density at radius 3 is 2.58 bits per heavy atom. The predicted molar refractivity (Wildman–Crippen MR) is 131 cm³/mol. The molecular formula is C26H24N8O2. The molecule has 4 aromatic rings. The molecule has 0 aliphatic heterocycles. The molecule has 180 valence electrons. The monoisotopic (exact) mass is 480 g/mol. The van der Waals surface area contributed by atoms with E-state index in [1.165, 1.54) is 0 Å². The van der Waals surface area contributed by atoms with Crippen LogP contribution in [0.15, 0.2) is 54.7 Å². The Morgan fingerprint density at radius 1 is 1.03 bits per heavy atom. The summed E-state index contributed by atoms with van der Waals surface area (Å²) in [5.74, 6) is -0.574. The Morgan fingerprint density at radius 2 is 1.81 bits per heavy atom. The second-order valence-corrected chi connectivity index (χ2v) is 8.93. The molecule has 3 heterocycles. The Hall–Kier alpha value is -4.65. The largest absolute Gasteiger partial charge is 0.481 e. The van der Waals surface area contributed by atoms with Crippen molar-refractivity contribution in [2.24, 2.45) is 5.92 Å². The molecule has 0 saturated heterocycles. The van der Waals surface area contributed by atoms with Crippen molar-refractivity contribution in [1.82, 2.24) is 29.9 Å². The Balaban J connectivity index is 1.33. The SMILES string of the molecule is N#Cc1cccc(-c2cc(-c3cn(Cc4cccc([C@H]5CC[C@@H](C(=O)O)CC5)n4)nn3)nc(N)n2)c1. The number of hydrogen-bond acceptors (Lipinski definition) is 8. The van der Waals surface area contributed by atoms with E-state index in [0.717, 1.165) is 29.8 Å². The quantitative estimate of drug-likeness (QED) is 0.420. The minimum atomic E-state index is -0.703.